The highest BCUT2D eigenvalue weighted by Crippen LogP contribution is 2.09. The van der Waals surface area contributed by atoms with Crippen molar-refractivity contribution in [3.05, 3.63) is 12.2 Å². The molecular formula is C15H26O3. The number of hydrogen-bond acceptors (Lipinski definition) is 3. The van der Waals surface area contributed by atoms with Crippen LogP contribution < -0.4 is 0 Å². The van der Waals surface area contributed by atoms with Gasteiger partial charge in [-0.2, -0.15) is 0 Å². The Balaban J connectivity index is 2.18. The third-order valence-corrected chi connectivity index (χ3v) is 3.07. The third kappa shape index (κ3) is 9.37. The van der Waals surface area contributed by atoms with E-state index in [2.05, 4.69) is 6.08 Å². The van der Waals surface area contributed by atoms with Gasteiger partial charge in [0, 0.05) is 6.61 Å². The van der Waals surface area contributed by atoms with E-state index >= 15 is 0 Å². The number of carbonyl (C=O) groups excluding carboxylic acids is 1. The molecule has 0 aromatic carbocycles. The summed E-state index contributed by atoms with van der Waals surface area (Å²) in [6, 6.07) is 0. The lowest BCUT2D eigenvalue weighted by molar-refractivity contribution is -0.127. The SMILES string of the molecule is O=C1COC/C=C/CCCCCCCCCOC1. The number of rotatable bonds is 0. The maximum Gasteiger partial charge on any atom is 0.183 e. The van der Waals surface area contributed by atoms with Crippen LogP contribution in [0.1, 0.15) is 51.4 Å². The Kier molecular flexibility index (Phi) is 9.76. The Morgan fingerprint density at radius 2 is 1.44 bits per heavy atom. The fourth-order valence-electron chi connectivity index (χ4n) is 2.00. The van der Waals surface area contributed by atoms with Crippen LogP contribution in [0.3, 0.4) is 0 Å². The van der Waals surface area contributed by atoms with E-state index in [0.29, 0.717) is 13.2 Å². The lowest BCUT2D eigenvalue weighted by Crippen LogP contribution is -2.16. The maximum atomic E-state index is 11.4. The summed E-state index contributed by atoms with van der Waals surface area (Å²) >= 11 is 0. The largest absolute Gasteiger partial charge is 0.374 e. The normalized spacial score (nSPS) is 24.3. The molecule has 1 aliphatic heterocycles. The van der Waals surface area contributed by atoms with E-state index in [9.17, 15) is 4.79 Å². The summed E-state index contributed by atoms with van der Waals surface area (Å²) in [6.45, 7) is 1.60. The molecule has 0 aromatic rings. The second-order valence-corrected chi connectivity index (χ2v) is 4.84. The zero-order valence-corrected chi connectivity index (χ0v) is 11.4. The van der Waals surface area contributed by atoms with Gasteiger partial charge < -0.3 is 9.47 Å². The Morgan fingerprint density at radius 1 is 0.778 bits per heavy atom. The van der Waals surface area contributed by atoms with Gasteiger partial charge in [0.15, 0.2) is 5.78 Å². The van der Waals surface area contributed by atoms with Crippen molar-refractivity contribution in [2.75, 3.05) is 26.4 Å². The molecule has 0 saturated heterocycles. The summed E-state index contributed by atoms with van der Waals surface area (Å²) in [5.74, 6) is 0.0349. The lowest BCUT2D eigenvalue weighted by atomic mass is 10.1. The van der Waals surface area contributed by atoms with E-state index < -0.39 is 0 Å². The Bertz CT molecular complexity index is 236. The molecule has 0 amide bonds. The van der Waals surface area contributed by atoms with Gasteiger partial charge >= 0.3 is 0 Å². The van der Waals surface area contributed by atoms with Crippen LogP contribution >= 0.6 is 0 Å². The smallest absolute Gasteiger partial charge is 0.183 e. The molecule has 0 spiro atoms. The van der Waals surface area contributed by atoms with Crippen LogP contribution in [0, 0.1) is 0 Å². The van der Waals surface area contributed by atoms with Gasteiger partial charge in [-0.05, 0) is 19.3 Å². The van der Waals surface area contributed by atoms with Crippen LogP contribution in [0.4, 0.5) is 0 Å². The van der Waals surface area contributed by atoms with Crippen molar-refractivity contribution in [2.24, 2.45) is 0 Å². The Morgan fingerprint density at radius 3 is 2.28 bits per heavy atom. The van der Waals surface area contributed by atoms with E-state index in [0.717, 1.165) is 12.8 Å². The van der Waals surface area contributed by atoms with E-state index in [1.165, 1.54) is 38.5 Å². The quantitative estimate of drug-likeness (QED) is 0.622. The summed E-state index contributed by atoms with van der Waals surface area (Å²) < 4.78 is 10.6. The summed E-state index contributed by atoms with van der Waals surface area (Å²) in [5.41, 5.74) is 0. The molecule has 104 valence electrons. The number of carbonyl (C=O) groups is 1. The van der Waals surface area contributed by atoms with Crippen molar-refractivity contribution in [3.63, 3.8) is 0 Å². The molecule has 0 N–H and O–H groups in total. The van der Waals surface area contributed by atoms with Crippen molar-refractivity contribution in [2.45, 2.75) is 51.4 Å². The number of allylic oxidation sites excluding steroid dienone is 1. The average molecular weight is 254 g/mol. The monoisotopic (exact) mass is 254 g/mol. The van der Waals surface area contributed by atoms with Crippen LogP contribution in [0.25, 0.3) is 0 Å². The summed E-state index contributed by atoms with van der Waals surface area (Å²) in [5, 5.41) is 0. The zero-order chi connectivity index (χ0) is 12.9. The summed E-state index contributed by atoms with van der Waals surface area (Å²) in [7, 11) is 0. The predicted molar refractivity (Wildman–Crippen MR) is 72.7 cm³/mol. The number of ether oxygens (including phenoxy) is 2. The van der Waals surface area contributed by atoms with Gasteiger partial charge in [0.25, 0.3) is 0 Å². The molecule has 0 unspecified atom stereocenters. The molecule has 0 aliphatic carbocycles. The van der Waals surface area contributed by atoms with Crippen molar-refractivity contribution in [1.82, 2.24) is 0 Å². The molecule has 1 rings (SSSR count). The van der Waals surface area contributed by atoms with Crippen LogP contribution in [-0.2, 0) is 14.3 Å². The maximum absolute atomic E-state index is 11.4. The zero-order valence-electron chi connectivity index (χ0n) is 11.4. The van der Waals surface area contributed by atoms with Gasteiger partial charge in [0.1, 0.15) is 13.2 Å². The van der Waals surface area contributed by atoms with E-state index in [1.54, 1.807) is 0 Å². The minimum absolute atomic E-state index is 0.0349. The second-order valence-electron chi connectivity index (χ2n) is 4.84. The van der Waals surface area contributed by atoms with Crippen molar-refractivity contribution in [1.29, 1.82) is 0 Å². The number of ketones is 1. The first-order valence-electron chi connectivity index (χ1n) is 7.22. The minimum atomic E-state index is 0.0349. The van der Waals surface area contributed by atoms with Crippen LogP contribution in [-0.4, -0.2) is 32.2 Å². The molecule has 0 fully saturated rings. The molecule has 1 aliphatic rings. The van der Waals surface area contributed by atoms with Gasteiger partial charge in [0.05, 0.1) is 6.61 Å². The number of hydrogen-bond donors (Lipinski definition) is 0. The van der Waals surface area contributed by atoms with Crippen molar-refractivity contribution in [3.8, 4) is 0 Å². The molecular weight excluding hydrogens is 228 g/mol. The van der Waals surface area contributed by atoms with Gasteiger partial charge in [0.2, 0.25) is 0 Å². The summed E-state index contributed by atoms with van der Waals surface area (Å²) in [6.07, 6.45) is 14.1. The highest BCUT2D eigenvalue weighted by molar-refractivity contribution is 5.80. The molecule has 0 atom stereocenters. The van der Waals surface area contributed by atoms with Gasteiger partial charge in [-0.15, -0.1) is 0 Å². The molecule has 3 heteroatoms. The van der Waals surface area contributed by atoms with E-state index in [4.69, 9.17) is 9.47 Å². The van der Waals surface area contributed by atoms with Crippen LogP contribution in [0.15, 0.2) is 12.2 Å². The molecule has 1 heterocycles. The standard InChI is InChI=1S/C15H26O3/c16-15-13-17-11-9-7-5-3-1-2-4-6-8-10-12-18-14-15/h7,9H,1-6,8,10-14H2/b9-7+. The fourth-order valence-corrected chi connectivity index (χ4v) is 2.00. The minimum Gasteiger partial charge on any atom is -0.374 e. The average Bonchev–Trinajstić information content (AvgIpc) is 2.37. The van der Waals surface area contributed by atoms with Gasteiger partial charge in [-0.1, -0.05) is 44.3 Å². The molecule has 3 nitrogen and oxygen atoms in total. The lowest BCUT2D eigenvalue weighted by Gasteiger charge is -2.04. The van der Waals surface area contributed by atoms with E-state index in [1.807, 2.05) is 6.08 Å². The molecule has 0 radical (unpaired) electrons. The topological polar surface area (TPSA) is 35.5 Å². The third-order valence-electron chi connectivity index (χ3n) is 3.07. The van der Waals surface area contributed by atoms with Crippen LogP contribution in [0.5, 0.6) is 0 Å². The second kappa shape index (κ2) is 11.4. The highest BCUT2D eigenvalue weighted by Gasteiger charge is 2.01. The van der Waals surface area contributed by atoms with Gasteiger partial charge in [-0.25, -0.2) is 0 Å². The van der Waals surface area contributed by atoms with E-state index in [-0.39, 0.29) is 19.0 Å². The first kappa shape index (κ1) is 15.4. The Labute approximate surface area is 111 Å². The first-order chi connectivity index (χ1) is 8.89. The fraction of sp³-hybridized carbons (Fsp3) is 0.800. The van der Waals surface area contributed by atoms with Crippen LogP contribution in [0.2, 0.25) is 0 Å². The molecule has 18 heavy (non-hydrogen) atoms. The molecule has 0 aromatic heterocycles. The first-order valence-corrected chi connectivity index (χ1v) is 7.22. The molecule has 0 saturated carbocycles. The van der Waals surface area contributed by atoms with Crippen molar-refractivity contribution < 1.29 is 14.3 Å². The molecule has 0 bridgehead atoms. The number of Topliss-reactive ketones (excluding diaryl/α,β-unsaturated/α-hetero) is 1. The van der Waals surface area contributed by atoms with Gasteiger partial charge in [-0.3, -0.25) is 4.79 Å². The Hall–Kier alpha value is -0.670. The van der Waals surface area contributed by atoms with Crippen molar-refractivity contribution >= 4 is 5.78 Å². The highest BCUT2D eigenvalue weighted by atomic mass is 16.5. The summed E-state index contributed by atoms with van der Waals surface area (Å²) in [4.78, 5) is 11.4. The predicted octanol–water partition coefficient (Wildman–Crippen LogP) is 3.28.